The molecule has 0 saturated heterocycles. The Kier molecular flexibility index (Phi) is 45.4. The van der Waals surface area contributed by atoms with Gasteiger partial charge >= 0.3 is 5.97 Å². The van der Waals surface area contributed by atoms with Crippen LogP contribution in [-0.4, -0.2) is 46.9 Å². The molecular formula is C56H91NO5. The van der Waals surface area contributed by atoms with E-state index in [9.17, 15) is 19.8 Å². The van der Waals surface area contributed by atoms with Crippen LogP contribution in [0.25, 0.3) is 0 Å². The summed E-state index contributed by atoms with van der Waals surface area (Å²) in [6.07, 6.45) is 66.7. The van der Waals surface area contributed by atoms with Crippen LogP contribution >= 0.6 is 0 Å². The van der Waals surface area contributed by atoms with Crippen molar-refractivity contribution in [3.05, 3.63) is 122 Å². The van der Waals surface area contributed by atoms with Crippen molar-refractivity contribution in [1.29, 1.82) is 0 Å². The predicted molar refractivity (Wildman–Crippen MR) is 268 cm³/mol. The number of hydrogen-bond acceptors (Lipinski definition) is 5. The normalized spacial score (nSPS) is 14.3. The summed E-state index contributed by atoms with van der Waals surface area (Å²) in [6.45, 7) is 6.21. The van der Waals surface area contributed by atoms with Crippen LogP contribution in [0.15, 0.2) is 122 Å². The average molecular weight is 858 g/mol. The number of aliphatic hydroxyl groups excluding tert-OH is 2. The zero-order valence-corrected chi connectivity index (χ0v) is 39.7. The van der Waals surface area contributed by atoms with Gasteiger partial charge in [-0.05, 0) is 64.2 Å². The lowest BCUT2D eigenvalue weighted by molar-refractivity contribution is -0.151. The van der Waals surface area contributed by atoms with E-state index in [1.165, 1.54) is 57.8 Å². The highest BCUT2D eigenvalue weighted by atomic mass is 16.5. The molecule has 0 aromatic heterocycles. The summed E-state index contributed by atoms with van der Waals surface area (Å²) in [5.74, 6) is -0.579. The summed E-state index contributed by atoms with van der Waals surface area (Å²) in [7, 11) is 0. The monoisotopic (exact) mass is 858 g/mol. The van der Waals surface area contributed by atoms with Crippen LogP contribution in [0.2, 0.25) is 0 Å². The van der Waals surface area contributed by atoms with E-state index < -0.39 is 18.2 Å². The van der Waals surface area contributed by atoms with Gasteiger partial charge in [0.2, 0.25) is 5.91 Å². The lowest BCUT2D eigenvalue weighted by Crippen LogP contribution is -2.46. The highest BCUT2D eigenvalue weighted by molar-refractivity contribution is 5.77. The fourth-order valence-corrected chi connectivity index (χ4v) is 6.77. The molecule has 0 heterocycles. The topological polar surface area (TPSA) is 95.9 Å². The van der Waals surface area contributed by atoms with E-state index in [2.05, 4.69) is 68.6 Å². The summed E-state index contributed by atoms with van der Waals surface area (Å²) in [6, 6.07) is -0.733. The number of rotatable bonds is 42. The molecule has 0 bridgehead atoms. The van der Waals surface area contributed by atoms with Crippen LogP contribution < -0.4 is 5.32 Å². The quantitative estimate of drug-likeness (QED) is 0.0323. The van der Waals surface area contributed by atoms with Gasteiger partial charge < -0.3 is 20.3 Å². The van der Waals surface area contributed by atoms with E-state index in [0.29, 0.717) is 19.3 Å². The molecule has 6 nitrogen and oxygen atoms in total. The summed E-state index contributed by atoms with van der Waals surface area (Å²) < 4.78 is 5.89. The maximum atomic E-state index is 13.2. The minimum Gasteiger partial charge on any atom is -0.462 e. The number of unbranched alkanes of at least 4 members (excludes halogenated alkanes) is 18. The molecule has 0 aliphatic rings. The Morgan fingerprint density at radius 2 is 0.903 bits per heavy atom. The van der Waals surface area contributed by atoms with Gasteiger partial charge in [-0.25, -0.2) is 0 Å². The van der Waals surface area contributed by atoms with Crippen molar-refractivity contribution in [2.45, 2.75) is 212 Å². The Morgan fingerprint density at radius 3 is 1.39 bits per heavy atom. The van der Waals surface area contributed by atoms with Crippen molar-refractivity contribution < 1.29 is 24.5 Å². The fraction of sp³-hybridized carbons (Fsp3) is 0.607. The largest absolute Gasteiger partial charge is 0.462 e. The molecule has 0 fully saturated rings. The number of allylic oxidation sites excluding steroid dienone is 20. The van der Waals surface area contributed by atoms with Gasteiger partial charge in [0.1, 0.15) is 6.10 Å². The summed E-state index contributed by atoms with van der Waals surface area (Å²) in [5.41, 5.74) is 0. The molecule has 0 aliphatic carbocycles. The number of carbonyl (C=O) groups excluding carboxylic acids is 2. The van der Waals surface area contributed by atoms with Crippen LogP contribution in [0.5, 0.6) is 0 Å². The zero-order valence-electron chi connectivity index (χ0n) is 39.7. The molecule has 0 radical (unpaired) electrons. The van der Waals surface area contributed by atoms with Gasteiger partial charge in [0.05, 0.1) is 25.2 Å². The van der Waals surface area contributed by atoms with Crippen molar-refractivity contribution >= 4 is 11.9 Å². The number of hydrogen-bond donors (Lipinski definition) is 3. The van der Waals surface area contributed by atoms with Gasteiger partial charge in [0.25, 0.3) is 0 Å². The molecule has 0 aromatic rings. The van der Waals surface area contributed by atoms with Crippen LogP contribution in [0.3, 0.4) is 0 Å². The van der Waals surface area contributed by atoms with E-state index in [4.69, 9.17) is 4.74 Å². The standard InChI is InChI=1S/C56H91NO5/c1-4-7-10-13-16-19-22-25-27-29-30-32-35-38-41-44-47-52(62-56(61)49-46-43-40-37-34-31-28-26-23-20-17-14-11-8-5-2)50-55(60)57-53(51-58)54(59)48-45-42-39-36-33-24-21-18-15-12-9-6-3/h8,10-11,13-14,16-17,19-20,22-23,25-32,34,52-54,58-59H,4-7,9,12,15,18,21,24,33,35-51H2,1-3H3,(H,57,60)/b11-8+,13-10+,17-14+,19-16+,23-20-,25-22+,28-26-,29-27+,32-30+,34-31+. The zero-order chi connectivity index (χ0) is 45.2. The molecule has 1 amide bonds. The molecule has 0 aromatic carbocycles. The van der Waals surface area contributed by atoms with E-state index in [1.807, 2.05) is 79.0 Å². The molecule has 0 rings (SSSR count). The molecule has 3 N–H and O–H groups in total. The predicted octanol–water partition coefficient (Wildman–Crippen LogP) is 14.9. The second kappa shape index (κ2) is 48.3. The number of esters is 1. The van der Waals surface area contributed by atoms with Gasteiger partial charge in [0.15, 0.2) is 0 Å². The second-order valence-corrected chi connectivity index (χ2v) is 16.4. The van der Waals surface area contributed by atoms with Crippen LogP contribution in [0.4, 0.5) is 0 Å². The Bertz CT molecular complexity index is 1330. The number of aliphatic hydroxyl groups is 2. The Morgan fingerprint density at radius 1 is 0.484 bits per heavy atom. The molecule has 6 heteroatoms. The van der Waals surface area contributed by atoms with Gasteiger partial charge in [-0.15, -0.1) is 0 Å². The van der Waals surface area contributed by atoms with Gasteiger partial charge in [-0.3, -0.25) is 9.59 Å². The highest BCUT2D eigenvalue weighted by Crippen LogP contribution is 2.17. The molecule has 0 aliphatic heterocycles. The van der Waals surface area contributed by atoms with Crippen molar-refractivity contribution in [2.24, 2.45) is 0 Å². The number of ether oxygens (including phenoxy) is 1. The maximum Gasteiger partial charge on any atom is 0.306 e. The first-order valence-corrected chi connectivity index (χ1v) is 24.9. The van der Waals surface area contributed by atoms with E-state index in [-0.39, 0.29) is 24.9 Å². The number of carbonyl (C=O) groups is 2. The summed E-state index contributed by atoms with van der Waals surface area (Å²) in [5, 5.41) is 23.7. The molecule has 62 heavy (non-hydrogen) atoms. The van der Waals surface area contributed by atoms with Gasteiger partial charge in [-0.1, -0.05) is 239 Å². The van der Waals surface area contributed by atoms with Crippen LogP contribution in [0.1, 0.15) is 194 Å². The van der Waals surface area contributed by atoms with Crippen LogP contribution in [-0.2, 0) is 14.3 Å². The number of amides is 1. The van der Waals surface area contributed by atoms with Crippen molar-refractivity contribution in [3.8, 4) is 0 Å². The molecule has 3 atom stereocenters. The molecule has 0 saturated carbocycles. The third kappa shape index (κ3) is 42.9. The molecule has 3 unspecified atom stereocenters. The third-order valence-corrected chi connectivity index (χ3v) is 10.5. The number of nitrogens with one attached hydrogen (secondary N) is 1. The van der Waals surface area contributed by atoms with E-state index >= 15 is 0 Å². The average Bonchev–Trinajstić information content (AvgIpc) is 3.26. The molecule has 0 spiro atoms. The Balaban J connectivity index is 4.82. The summed E-state index contributed by atoms with van der Waals surface area (Å²) in [4.78, 5) is 26.1. The van der Waals surface area contributed by atoms with Crippen molar-refractivity contribution in [2.75, 3.05) is 6.61 Å². The van der Waals surface area contributed by atoms with E-state index in [0.717, 1.165) is 89.9 Å². The first-order valence-electron chi connectivity index (χ1n) is 24.9. The van der Waals surface area contributed by atoms with Gasteiger partial charge in [-0.2, -0.15) is 0 Å². The third-order valence-electron chi connectivity index (χ3n) is 10.5. The van der Waals surface area contributed by atoms with Gasteiger partial charge in [0, 0.05) is 6.42 Å². The minimum absolute atomic E-state index is 0.0235. The Labute approximate surface area is 380 Å². The van der Waals surface area contributed by atoms with Crippen LogP contribution in [0, 0.1) is 0 Å². The maximum absolute atomic E-state index is 13.2. The highest BCUT2D eigenvalue weighted by Gasteiger charge is 2.24. The first kappa shape index (κ1) is 58.3. The first-order chi connectivity index (χ1) is 30.5. The second-order valence-electron chi connectivity index (χ2n) is 16.4. The molecule has 350 valence electrons. The van der Waals surface area contributed by atoms with E-state index in [1.54, 1.807) is 0 Å². The minimum atomic E-state index is -0.815. The van der Waals surface area contributed by atoms with Crippen molar-refractivity contribution in [3.63, 3.8) is 0 Å². The molecular weight excluding hydrogens is 767 g/mol. The Hall–Kier alpha value is -3.74. The lowest BCUT2D eigenvalue weighted by atomic mass is 10.0. The van der Waals surface area contributed by atoms with Crippen molar-refractivity contribution in [1.82, 2.24) is 5.32 Å². The summed E-state index contributed by atoms with van der Waals surface area (Å²) >= 11 is 0. The SMILES string of the molecule is CC/C=C/C=C/C=C\C=C/C=C/CCCCCC(=O)OC(CCCCC/C=C/C=C/C=C/C=C/C=C/CCC)CC(=O)NC(CO)C(O)CCCCCCCCCCCCCC. The smallest absolute Gasteiger partial charge is 0.306 e. The lowest BCUT2D eigenvalue weighted by Gasteiger charge is -2.24. The fourth-order valence-electron chi connectivity index (χ4n) is 6.77.